The summed E-state index contributed by atoms with van der Waals surface area (Å²) in [6, 6.07) is 0. The molecule has 3 heteroatoms. The molecular formula is C6H9O3. The number of carbonyl (C=O) groups is 1. The van der Waals surface area contributed by atoms with E-state index >= 15 is 0 Å². The molecule has 0 atom stereocenters. The van der Waals surface area contributed by atoms with Crippen molar-refractivity contribution in [1.82, 2.24) is 0 Å². The van der Waals surface area contributed by atoms with Crippen molar-refractivity contribution in [3.05, 3.63) is 12.2 Å². The van der Waals surface area contributed by atoms with Crippen molar-refractivity contribution in [2.24, 2.45) is 0 Å². The van der Waals surface area contributed by atoms with Crippen LogP contribution in [-0.2, 0) is 14.6 Å². The first kappa shape index (κ1) is 8.17. The summed E-state index contributed by atoms with van der Waals surface area (Å²) in [7, 11) is 0. The van der Waals surface area contributed by atoms with Crippen LogP contribution < -0.4 is 0 Å². The minimum Gasteiger partial charge on any atom is -0.463 e. The lowest BCUT2D eigenvalue weighted by Gasteiger charge is -1.92. The Morgan fingerprint density at radius 3 is 2.78 bits per heavy atom. The first-order chi connectivity index (χ1) is 4.31. The first-order valence-electron chi connectivity index (χ1n) is 2.72. The fourth-order valence-electron chi connectivity index (χ4n) is 0.335. The lowest BCUT2D eigenvalue weighted by molar-refractivity contribution is -0.137. The zero-order valence-electron chi connectivity index (χ0n) is 5.29. The zero-order valence-corrected chi connectivity index (χ0v) is 5.29. The Kier molecular flexibility index (Phi) is 4.82. The van der Waals surface area contributed by atoms with E-state index in [4.69, 9.17) is 0 Å². The number of ether oxygens (including phenoxy) is 1. The van der Waals surface area contributed by atoms with Gasteiger partial charge in [-0.1, -0.05) is 0 Å². The predicted molar refractivity (Wildman–Crippen MR) is 31.3 cm³/mol. The van der Waals surface area contributed by atoms with Crippen molar-refractivity contribution in [2.45, 2.75) is 6.92 Å². The molecule has 0 saturated carbocycles. The Labute approximate surface area is 53.9 Å². The van der Waals surface area contributed by atoms with Gasteiger partial charge in [-0.2, -0.15) is 0 Å². The molecular weight excluding hydrogens is 120 g/mol. The molecule has 0 aliphatic carbocycles. The van der Waals surface area contributed by atoms with Crippen molar-refractivity contribution < 1.29 is 14.6 Å². The number of esters is 1. The van der Waals surface area contributed by atoms with Gasteiger partial charge in [0.25, 0.3) is 0 Å². The summed E-state index contributed by atoms with van der Waals surface area (Å²) >= 11 is 0. The molecule has 0 aliphatic rings. The van der Waals surface area contributed by atoms with Crippen LogP contribution in [0.15, 0.2) is 12.2 Å². The van der Waals surface area contributed by atoms with Gasteiger partial charge in [-0.25, -0.2) is 9.90 Å². The maximum atomic E-state index is 10.4. The monoisotopic (exact) mass is 129 g/mol. The van der Waals surface area contributed by atoms with E-state index in [1.165, 1.54) is 6.08 Å². The summed E-state index contributed by atoms with van der Waals surface area (Å²) in [4.78, 5) is 10.4. The van der Waals surface area contributed by atoms with E-state index in [0.717, 1.165) is 6.08 Å². The fraction of sp³-hybridized carbons (Fsp3) is 0.500. The molecule has 1 radical (unpaired) electrons. The van der Waals surface area contributed by atoms with E-state index in [1.54, 1.807) is 6.92 Å². The highest BCUT2D eigenvalue weighted by Crippen LogP contribution is 1.79. The van der Waals surface area contributed by atoms with Crippen LogP contribution in [0, 0.1) is 0 Å². The second kappa shape index (κ2) is 5.31. The normalized spacial score (nSPS) is 10.0. The van der Waals surface area contributed by atoms with Gasteiger partial charge in [0.05, 0.1) is 6.61 Å². The molecule has 0 unspecified atom stereocenters. The highest BCUT2D eigenvalue weighted by atomic mass is 16.5. The third-order valence-electron chi connectivity index (χ3n) is 0.637. The lowest BCUT2D eigenvalue weighted by atomic mass is 10.5. The minimum absolute atomic E-state index is 0.349. The average molecular weight is 129 g/mol. The molecule has 0 heterocycles. The van der Waals surface area contributed by atoms with Crippen molar-refractivity contribution >= 4 is 5.97 Å². The SMILES string of the molecule is CCOC(=O)/C=C/C[O]. The van der Waals surface area contributed by atoms with Crippen molar-refractivity contribution in [3.8, 4) is 0 Å². The maximum absolute atomic E-state index is 10.4. The molecule has 0 aromatic heterocycles. The Bertz CT molecular complexity index is 107. The van der Waals surface area contributed by atoms with Gasteiger partial charge in [0.15, 0.2) is 0 Å². The van der Waals surface area contributed by atoms with E-state index in [-0.39, 0.29) is 6.61 Å². The largest absolute Gasteiger partial charge is 0.463 e. The van der Waals surface area contributed by atoms with Gasteiger partial charge in [-0.3, -0.25) is 0 Å². The van der Waals surface area contributed by atoms with Gasteiger partial charge in [0.2, 0.25) is 0 Å². The van der Waals surface area contributed by atoms with Crippen LogP contribution in [0.4, 0.5) is 0 Å². The van der Waals surface area contributed by atoms with E-state index in [2.05, 4.69) is 4.74 Å². The van der Waals surface area contributed by atoms with Crippen LogP contribution in [0.5, 0.6) is 0 Å². The molecule has 0 rings (SSSR count). The Morgan fingerprint density at radius 2 is 2.33 bits per heavy atom. The van der Waals surface area contributed by atoms with E-state index in [9.17, 15) is 9.90 Å². The standard InChI is InChI=1S/C6H9O3/c1-2-9-6(8)4-3-5-7/h3-4H,2,5H2,1H3/b4-3+. The van der Waals surface area contributed by atoms with E-state index in [1.807, 2.05) is 0 Å². The number of carbonyl (C=O) groups excluding carboxylic acids is 1. The summed E-state index contributed by atoms with van der Waals surface area (Å²) in [6.07, 6.45) is 2.36. The minimum atomic E-state index is -0.451. The number of rotatable bonds is 3. The van der Waals surface area contributed by atoms with Crippen LogP contribution in [0.1, 0.15) is 6.92 Å². The zero-order chi connectivity index (χ0) is 7.11. The Morgan fingerprint density at radius 1 is 1.67 bits per heavy atom. The van der Waals surface area contributed by atoms with Crippen molar-refractivity contribution in [1.29, 1.82) is 0 Å². The summed E-state index contributed by atoms with van der Waals surface area (Å²) in [6.45, 7) is 1.68. The third-order valence-corrected chi connectivity index (χ3v) is 0.637. The Balaban J connectivity index is 3.37. The van der Waals surface area contributed by atoms with Gasteiger partial charge in [0, 0.05) is 6.08 Å². The van der Waals surface area contributed by atoms with Gasteiger partial charge < -0.3 is 4.74 Å². The summed E-state index contributed by atoms with van der Waals surface area (Å²) in [5, 5.41) is 9.74. The maximum Gasteiger partial charge on any atom is 0.330 e. The van der Waals surface area contributed by atoms with Crippen LogP contribution in [-0.4, -0.2) is 19.2 Å². The fourth-order valence-corrected chi connectivity index (χ4v) is 0.335. The van der Waals surface area contributed by atoms with Gasteiger partial charge >= 0.3 is 5.97 Å². The van der Waals surface area contributed by atoms with Crippen LogP contribution >= 0.6 is 0 Å². The number of hydrogen-bond donors (Lipinski definition) is 0. The molecule has 3 nitrogen and oxygen atoms in total. The number of hydrogen-bond acceptors (Lipinski definition) is 2. The molecule has 0 N–H and O–H groups in total. The van der Waals surface area contributed by atoms with Gasteiger partial charge in [-0.05, 0) is 13.0 Å². The van der Waals surface area contributed by atoms with E-state index in [0.29, 0.717) is 6.61 Å². The molecule has 0 bridgehead atoms. The van der Waals surface area contributed by atoms with Gasteiger partial charge in [-0.15, -0.1) is 0 Å². The van der Waals surface area contributed by atoms with Gasteiger partial charge in [0.1, 0.15) is 6.61 Å². The smallest absolute Gasteiger partial charge is 0.330 e. The molecule has 0 saturated heterocycles. The van der Waals surface area contributed by atoms with E-state index < -0.39 is 5.97 Å². The second-order valence-electron chi connectivity index (χ2n) is 1.32. The highest BCUT2D eigenvalue weighted by Gasteiger charge is 1.90. The molecule has 51 valence electrons. The predicted octanol–water partition coefficient (Wildman–Crippen LogP) is 0.536. The van der Waals surface area contributed by atoms with Crippen molar-refractivity contribution in [3.63, 3.8) is 0 Å². The van der Waals surface area contributed by atoms with Crippen molar-refractivity contribution in [2.75, 3.05) is 13.2 Å². The summed E-state index contributed by atoms with van der Waals surface area (Å²) in [5.41, 5.74) is 0. The van der Waals surface area contributed by atoms with Crippen LogP contribution in [0.3, 0.4) is 0 Å². The summed E-state index contributed by atoms with van der Waals surface area (Å²) < 4.78 is 4.48. The highest BCUT2D eigenvalue weighted by molar-refractivity contribution is 5.81. The third kappa shape index (κ3) is 5.03. The topological polar surface area (TPSA) is 46.2 Å². The quantitative estimate of drug-likeness (QED) is 0.412. The average Bonchev–Trinajstić information content (AvgIpc) is 1.85. The molecule has 0 aromatic rings. The lowest BCUT2D eigenvalue weighted by Crippen LogP contribution is -1.98. The first-order valence-corrected chi connectivity index (χ1v) is 2.72. The molecule has 0 amide bonds. The molecule has 0 spiro atoms. The Hall–Kier alpha value is -0.830. The molecule has 0 aliphatic heterocycles. The molecule has 9 heavy (non-hydrogen) atoms. The second-order valence-corrected chi connectivity index (χ2v) is 1.32. The summed E-state index contributed by atoms with van der Waals surface area (Å²) in [5.74, 6) is -0.451. The molecule has 0 fully saturated rings. The molecule has 0 aromatic carbocycles. The van der Waals surface area contributed by atoms with Crippen LogP contribution in [0.2, 0.25) is 0 Å². The van der Waals surface area contributed by atoms with Crippen LogP contribution in [0.25, 0.3) is 0 Å².